The van der Waals surface area contributed by atoms with E-state index in [-0.39, 0.29) is 12.0 Å². The third kappa shape index (κ3) is 4.82. The van der Waals surface area contributed by atoms with Crippen molar-refractivity contribution >= 4 is 28.6 Å². The first kappa shape index (κ1) is 18.3. The lowest BCUT2D eigenvalue weighted by molar-refractivity contribution is -0.133. The predicted molar refractivity (Wildman–Crippen MR) is 105 cm³/mol. The maximum Gasteiger partial charge on any atom is 0.227 e. The van der Waals surface area contributed by atoms with Crippen molar-refractivity contribution in [3.05, 3.63) is 45.8 Å². The van der Waals surface area contributed by atoms with Gasteiger partial charge in [-0.1, -0.05) is 17.3 Å². The summed E-state index contributed by atoms with van der Waals surface area (Å²) in [7, 11) is 0. The number of hydrogen-bond acceptors (Lipinski definition) is 7. The zero-order chi connectivity index (χ0) is 18.5. The second kappa shape index (κ2) is 8.77. The summed E-state index contributed by atoms with van der Waals surface area (Å²) in [6.07, 6.45) is 3.03. The average molecular weight is 404 g/mol. The first-order valence-electron chi connectivity index (χ1n) is 9.06. The van der Waals surface area contributed by atoms with Crippen molar-refractivity contribution in [3.8, 4) is 10.7 Å². The topological polar surface area (TPSA) is 68.5 Å². The van der Waals surface area contributed by atoms with Crippen molar-refractivity contribution in [2.45, 2.75) is 38.3 Å². The zero-order valence-corrected chi connectivity index (χ0v) is 16.5. The molecular formula is C19H21N3O3S2. The van der Waals surface area contributed by atoms with E-state index in [1.54, 1.807) is 22.7 Å². The van der Waals surface area contributed by atoms with Crippen LogP contribution in [-0.4, -0.2) is 40.2 Å². The summed E-state index contributed by atoms with van der Waals surface area (Å²) >= 11 is 3.23. The molecule has 0 saturated carbocycles. The number of amides is 1. The summed E-state index contributed by atoms with van der Waals surface area (Å²) in [6.45, 7) is 2.06. The number of nitrogens with zero attached hydrogens (tertiary/aromatic N) is 3. The third-order valence-corrected chi connectivity index (χ3v) is 6.22. The van der Waals surface area contributed by atoms with Gasteiger partial charge in [-0.2, -0.15) is 4.98 Å². The highest BCUT2D eigenvalue weighted by Gasteiger charge is 2.23. The molecule has 4 rings (SSSR count). The monoisotopic (exact) mass is 403 g/mol. The largest absolute Gasteiger partial charge is 0.376 e. The van der Waals surface area contributed by atoms with E-state index in [0.29, 0.717) is 37.6 Å². The first-order chi connectivity index (χ1) is 13.3. The molecule has 27 heavy (non-hydrogen) atoms. The van der Waals surface area contributed by atoms with Crippen molar-refractivity contribution in [2.75, 3.05) is 13.2 Å². The number of thiophene rings is 2. The Bertz CT molecular complexity index is 840. The molecule has 1 unspecified atom stereocenters. The van der Waals surface area contributed by atoms with Gasteiger partial charge in [0.2, 0.25) is 17.6 Å². The Morgan fingerprint density at radius 1 is 1.26 bits per heavy atom. The minimum Gasteiger partial charge on any atom is -0.376 e. The van der Waals surface area contributed by atoms with E-state index in [1.807, 2.05) is 33.9 Å². The van der Waals surface area contributed by atoms with E-state index in [1.165, 1.54) is 4.88 Å². The van der Waals surface area contributed by atoms with E-state index in [4.69, 9.17) is 9.26 Å². The SMILES string of the molecule is O=C(CCc1nc(-c2cccs2)no1)N(Cc1cccs1)CC1CCCO1. The van der Waals surface area contributed by atoms with Crippen LogP contribution in [-0.2, 0) is 22.5 Å². The summed E-state index contributed by atoms with van der Waals surface area (Å²) in [4.78, 5) is 21.3. The molecule has 1 fully saturated rings. The zero-order valence-electron chi connectivity index (χ0n) is 14.9. The normalized spacial score (nSPS) is 16.7. The second-order valence-corrected chi connectivity index (χ2v) is 8.46. The number of carbonyl (C=O) groups excluding carboxylic acids is 1. The summed E-state index contributed by atoms with van der Waals surface area (Å²) in [5.41, 5.74) is 0. The molecule has 0 aliphatic carbocycles. The Balaban J connectivity index is 1.37. The van der Waals surface area contributed by atoms with Gasteiger partial charge >= 0.3 is 0 Å². The van der Waals surface area contributed by atoms with Crippen molar-refractivity contribution in [1.29, 1.82) is 0 Å². The van der Waals surface area contributed by atoms with Crippen molar-refractivity contribution in [1.82, 2.24) is 15.0 Å². The lowest BCUT2D eigenvalue weighted by Gasteiger charge is -2.25. The second-order valence-electron chi connectivity index (χ2n) is 6.48. The van der Waals surface area contributed by atoms with Crippen LogP contribution in [0.1, 0.15) is 30.0 Å². The van der Waals surface area contributed by atoms with E-state index >= 15 is 0 Å². The van der Waals surface area contributed by atoms with Gasteiger partial charge in [0.05, 0.1) is 17.5 Å². The van der Waals surface area contributed by atoms with Crippen LogP contribution in [0.2, 0.25) is 0 Å². The van der Waals surface area contributed by atoms with Gasteiger partial charge in [-0.15, -0.1) is 22.7 Å². The van der Waals surface area contributed by atoms with Crippen LogP contribution in [0.25, 0.3) is 10.7 Å². The summed E-state index contributed by atoms with van der Waals surface area (Å²) in [5.74, 6) is 1.18. The number of rotatable bonds is 8. The van der Waals surface area contributed by atoms with E-state index in [0.717, 1.165) is 24.3 Å². The van der Waals surface area contributed by atoms with Crippen LogP contribution in [0.3, 0.4) is 0 Å². The number of carbonyl (C=O) groups is 1. The van der Waals surface area contributed by atoms with Crippen LogP contribution in [0.5, 0.6) is 0 Å². The van der Waals surface area contributed by atoms with Gasteiger partial charge in [0.1, 0.15) is 0 Å². The molecule has 3 aromatic heterocycles. The Kier molecular flexibility index (Phi) is 5.96. The first-order valence-corrected chi connectivity index (χ1v) is 10.8. The van der Waals surface area contributed by atoms with Crippen LogP contribution >= 0.6 is 22.7 Å². The smallest absolute Gasteiger partial charge is 0.227 e. The van der Waals surface area contributed by atoms with Gasteiger partial charge in [-0.05, 0) is 35.7 Å². The van der Waals surface area contributed by atoms with Gasteiger partial charge in [-0.25, -0.2) is 0 Å². The van der Waals surface area contributed by atoms with Gasteiger partial charge in [0.15, 0.2) is 0 Å². The van der Waals surface area contributed by atoms with E-state index in [2.05, 4.69) is 16.2 Å². The molecule has 0 spiro atoms. The van der Waals surface area contributed by atoms with E-state index in [9.17, 15) is 4.79 Å². The minimum atomic E-state index is 0.0924. The fourth-order valence-corrected chi connectivity index (χ4v) is 4.48. The van der Waals surface area contributed by atoms with Crippen molar-refractivity contribution < 1.29 is 14.1 Å². The highest BCUT2D eigenvalue weighted by atomic mass is 32.1. The molecule has 3 aromatic rings. The quantitative estimate of drug-likeness (QED) is 0.569. The fourth-order valence-electron chi connectivity index (χ4n) is 3.11. The Morgan fingerprint density at radius 3 is 2.89 bits per heavy atom. The summed E-state index contributed by atoms with van der Waals surface area (Å²) in [5, 5.41) is 8.02. The molecule has 1 aliphatic rings. The van der Waals surface area contributed by atoms with E-state index < -0.39 is 0 Å². The maximum atomic E-state index is 12.9. The third-order valence-electron chi connectivity index (χ3n) is 4.49. The van der Waals surface area contributed by atoms with Gasteiger partial charge in [0.25, 0.3) is 0 Å². The van der Waals surface area contributed by atoms with Crippen LogP contribution in [0, 0.1) is 0 Å². The molecule has 0 radical (unpaired) electrons. The highest BCUT2D eigenvalue weighted by Crippen LogP contribution is 2.22. The minimum absolute atomic E-state index is 0.0924. The number of aryl methyl sites for hydroxylation is 1. The Morgan fingerprint density at radius 2 is 2.15 bits per heavy atom. The van der Waals surface area contributed by atoms with Crippen molar-refractivity contribution in [3.63, 3.8) is 0 Å². The number of hydrogen-bond donors (Lipinski definition) is 0. The molecule has 0 aromatic carbocycles. The predicted octanol–water partition coefficient (Wildman–Crippen LogP) is 4.00. The maximum absolute atomic E-state index is 12.9. The average Bonchev–Trinajstić information content (AvgIpc) is 3.48. The molecule has 6 nitrogen and oxygen atoms in total. The molecule has 142 valence electrons. The highest BCUT2D eigenvalue weighted by molar-refractivity contribution is 7.13. The van der Waals surface area contributed by atoms with Crippen LogP contribution < -0.4 is 0 Å². The van der Waals surface area contributed by atoms with Gasteiger partial charge in [0, 0.05) is 30.9 Å². The lowest BCUT2D eigenvalue weighted by Crippen LogP contribution is -2.36. The Labute approximate surface area is 165 Å². The van der Waals surface area contributed by atoms with Crippen LogP contribution in [0.4, 0.5) is 0 Å². The molecule has 0 N–H and O–H groups in total. The van der Waals surface area contributed by atoms with Crippen LogP contribution in [0.15, 0.2) is 39.5 Å². The van der Waals surface area contributed by atoms with Crippen molar-refractivity contribution in [2.24, 2.45) is 0 Å². The Hall–Kier alpha value is -2.03. The van der Waals surface area contributed by atoms with Gasteiger partial charge in [-0.3, -0.25) is 4.79 Å². The molecule has 1 amide bonds. The fraction of sp³-hybridized carbons (Fsp3) is 0.421. The molecule has 0 bridgehead atoms. The molecule has 1 atom stereocenters. The molecule has 8 heteroatoms. The molecular weight excluding hydrogens is 382 g/mol. The number of aromatic nitrogens is 2. The summed E-state index contributed by atoms with van der Waals surface area (Å²) in [6, 6.07) is 7.98. The lowest BCUT2D eigenvalue weighted by atomic mass is 10.2. The molecule has 1 aliphatic heterocycles. The number of ether oxygens (including phenoxy) is 1. The standard InChI is InChI=1S/C19H21N3O3S2/c23-18(8-7-17-20-19(21-25-17)16-6-3-11-27-16)22(12-14-4-1-9-24-14)13-15-5-2-10-26-15/h2-3,5-6,10-11,14H,1,4,7-9,12-13H2. The summed E-state index contributed by atoms with van der Waals surface area (Å²) < 4.78 is 11.0. The molecule has 4 heterocycles. The van der Waals surface area contributed by atoms with Gasteiger partial charge < -0.3 is 14.2 Å². The molecule has 1 saturated heterocycles.